The van der Waals surface area contributed by atoms with Crippen LogP contribution in [0.4, 0.5) is 5.69 Å². The average molecular weight is 796 g/mol. The monoisotopic (exact) mass is 795 g/mol. The highest BCUT2D eigenvalue weighted by molar-refractivity contribution is 7.85. The number of hydrogen-bond donors (Lipinski definition) is 0. The summed E-state index contributed by atoms with van der Waals surface area (Å²) in [5, 5.41) is 8.28. The Kier molecular flexibility index (Phi) is 9.79. The first-order valence-electron chi connectivity index (χ1n) is 17.6. The fraction of sp³-hybridized carbons (Fsp3) is 0.195. The van der Waals surface area contributed by atoms with Crippen molar-refractivity contribution >= 4 is 96.5 Å². The minimum absolute atomic E-state index is 0.113. The third kappa shape index (κ3) is 7.39. The zero-order valence-electron chi connectivity index (χ0n) is 29.2. The molecule has 0 fully saturated rings. The molecule has 2 aromatic heterocycles. The van der Waals surface area contributed by atoms with Crippen LogP contribution in [0, 0.1) is 0 Å². The number of rotatable bonds is 12. The maximum atomic E-state index is 11.6. The van der Waals surface area contributed by atoms with Gasteiger partial charge in [0.2, 0.25) is 11.4 Å². The van der Waals surface area contributed by atoms with Gasteiger partial charge in [-0.25, -0.2) is 16.8 Å². The Labute approximate surface area is 321 Å². The maximum absolute atomic E-state index is 11.6. The molecule has 0 aliphatic carbocycles. The second-order valence-corrected chi connectivity index (χ2v) is 18.3. The third-order valence-electron chi connectivity index (χ3n) is 9.73. The van der Waals surface area contributed by atoms with Crippen molar-refractivity contribution in [3.05, 3.63) is 119 Å². The lowest BCUT2D eigenvalue weighted by Gasteiger charge is -2.21. The van der Waals surface area contributed by atoms with Gasteiger partial charge < -0.3 is 18.7 Å². The molecule has 8 rings (SSSR count). The Bertz CT molecular complexity index is 2870. The summed E-state index contributed by atoms with van der Waals surface area (Å²) in [6.07, 6.45) is 4.89. The van der Waals surface area contributed by atoms with Gasteiger partial charge in [-0.2, -0.15) is 4.57 Å². The van der Waals surface area contributed by atoms with Crippen LogP contribution < -0.4 is 14.2 Å². The van der Waals surface area contributed by atoms with E-state index >= 15 is 0 Å². The summed E-state index contributed by atoms with van der Waals surface area (Å²) in [6, 6.07) is 30.9. The predicted molar refractivity (Wildman–Crippen MR) is 217 cm³/mol. The molecule has 54 heavy (non-hydrogen) atoms. The Morgan fingerprint density at radius 1 is 0.815 bits per heavy atom. The molecule has 0 spiro atoms. The number of benzene rings is 5. The molecule has 13 heteroatoms. The summed E-state index contributed by atoms with van der Waals surface area (Å²) in [4.78, 5) is 1.95. The van der Waals surface area contributed by atoms with Crippen LogP contribution in [-0.2, 0) is 26.8 Å². The van der Waals surface area contributed by atoms with Crippen molar-refractivity contribution in [3.8, 4) is 16.9 Å². The van der Waals surface area contributed by atoms with Crippen molar-refractivity contribution in [1.29, 1.82) is 0 Å². The summed E-state index contributed by atoms with van der Waals surface area (Å²) in [7, 11) is -8.82. The lowest BCUT2D eigenvalue weighted by molar-refractivity contribution is -0.668. The first-order valence-corrected chi connectivity index (χ1v) is 22.4. The van der Waals surface area contributed by atoms with E-state index in [4.69, 9.17) is 4.74 Å². The van der Waals surface area contributed by atoms with Crippen molar-refractivity contribution in [2.45, 2.75) is 32.7 Å². The first-order chi connectivity index (χ1) is 26.0. The molecule has 0 bridgehead atoms. The Morgan fingerprint density at radius 2 is 1.61 bits per heavy atom. The predicted octanol–water partition coefficient (Wildman–Crippen LogP) is 8.78. The smallest absolute Gasteiger partial charge is 0.263 e. The number of ether oxygens (including phenoxy) is 1. The summed E-state index contributed by atoms with van der Waals surface area (Å²) in [6.45, 7) is 2.60. The van der Waals surface area contributed by atoms with E-state index < -0.39 is 31.7 Å². The molecule has 0 saturated heterocycles. The van der Waals surface area contributed by atoms with Crippen LogP contribution in [0.15, 0.2) is 114 Å². The van der Waals surface area contributed by atoms with Gasteiger partial charge in [-0.15, -0.1) is 11.3 Å². The molecule has 9 nitrogen and oxygen atoms in total. The minimum atomic E-state index is -4.42. The Balaban J connectivity index is 1.22. The summed E-state index contributed by atoms with van der Waals surface area (Å²) in [5.41, 5.74) is 4.80. The number of aromatic nitrogens is 1. The molecule has 0 saturated carbocycles. The number of nitrogens with zero attached hydrogens (tertiary/aromatic N) is 2. The quantitative estimate of drug-likeness (QED) is 0.0682. The van der Waals surface area contributed by atoms with Crippen LogP contribution in [0.25, 0.3) is 59.1 Å². The number of fused-ring (bicyclic) bond motifs is 7. The van der Waals surface area contributed by atoms with E-state index in [1.54, 1.807) is 22.7 Å². The van der Waals surface area contributed by atoms with Gasteiger partial charge >= 0.3 is 0 Å². The second kappa shape index (κ2) is 14.5. The minimum Gasteiger partial charge on any atom is -0.748 e. The van der Waals surface area contributed by atoms with Crippen LogP contribution >= 0.6 is 22.7 Å². The van der Waals surface area contributed by atoms with Crippen LogP contribution in [0.5, 0.6) is 5.75 Å². The van der Waals surface area contributed by atoms with Crippen molar-refractivity contribution in [1.82, 2.24) is 0 Å². The van der Waals surface area contributed by atoms with Crippen molar-refractivity contribution < 1.29 is 35.2 Å². The van der Waals surface area contributed by atoms with E-state index in [9.17, 15) is 25.9 Å². The highest BCUT2D eigenvalue weighted by Gasteiger charge is 2.29. The molecular formula is C41H35N2O7S4-. The van der Waals surface area contributed by atoms with Gasteiger partial charge in [-0.1, -0.05) is 72.9 Å². The van der Waals surface area contributed by atoms with Gasteiger partial charge in [-0.05, 0) is 81.4 Å². The number of thiazole rings is 1. The van der Waals surface area contributed by atoms with Crippen LogP contribution in [0.2, 0.25) is 0 Å². The molecule has 0 amide bonds. The van der Waals surface area contributed by atoms with Crippen molar-refractivity contribution in [3.63, 3.8) is 0 Å². The molecule has 276 valence electrons. The third-order valence-corrected chi connectivity index (χ3v) is 13.3. The van der Waals surface area contributed by atoms with Gasteiger partial charge in [0.25, 0.3) is 5.01 Å². The lowest BCUT2D eigenvalue weighted by Crippen LogP contribution is -2.36. The molecule has 7 aromatic rings. The zero-order chi connectivity index (χ0) is 37.6. The van der Waals surface area contributed by atoms with Gasteiger partial charge in [-0.3, -0.25) is 0 Å². The lowest BCUT2D eigenvalue weighted by atomic mass is 10.00. The van der Waals surface area contributed by atoms with Crippen LogP contribution in [0.3, 0.4) is 0 Å². The zero-order valence-corrected chi connectivity index (χ0v) is 32.5. The number of thiophene rings is 1. The molecule has 5 aromatic carbocycles. The van der Waals surface area contributed by atoms with Gasteiger partial charge in [0, 0.05) is 58.2 Å². The molecule has 0 radical (unpaired) electrons. The second-order valence-electron chi connectivity index (χ2n) is 13.2. The summed E-state index contributed by atoms with van der Waals surface area (Å²) >= 11 is 3.26. The molecule has 0 atom stereocenters. The SMILES string of the molecule is CCC(/C=C1\Oc2ccc3c(ccc4ccccc43)c2N1CCCS(=O)(=O)[O-])=C\c1sc2ccc(-c3cccc4sccc34)cc2[n+]1CCCS(=O)(=O)[O-]. The van der Waals surface area contributed by atoms with E-state index in [1.807, 2.05) is 54.3 Å². The molecule has 1 aliphatic rings. The highest BCUT2D eigenvalue weighted by Crippen LogP contribution is 2.46. The standard InChI is InChI=1S/C41H36N2O7S4/c1-2-27(24-39-43(20-7-23-54(47,48)49)41-34-14-12-28-8-3-4-9-30(28)32(34)15-16-36(41)50-39)25-40-42(19-6-22-53(44,45)46)35-26-29(13-17-38(35)52-40)31-10-5-11-37-33(31)18-21-51-37/h3-5,8-18,21,24-26H,2,6-7,19-20,22-23H2,1H3,(H-,44,45,46,47,48,49)/p-1. The van der Waals surface area contributed by atoms with E-state index in [2.05, 4.69) is 70.6 Å². The summed E-state index contributed by atoms with van der Waals surface area (Å²) < 4.78 is 80.5. The maximum Gasteiger partial charge on any atom is 0.263 e. The van der Waals surface area contributed by atoms with Crippen LogP contribution in [0.1, 0.15) is 31.2 Å². The van der Waals surface area contributed by atoms with Crippen LogP contribution in [-0.4, -0.2) is 44.0 Å². The van der Waals surface area contributed by atoms with Gasteiger partial charge in [0.05, 0.1) is 25.9 Å². The first kappa shape index (κ1) is 36.4. The largest absolute Gasteiger partial charge is 0.748 e. The van der Waals surface area contributed by atoms with E-state index in [0.717, 1.165) is 64.5 Å². The van der Waals surface area contributed by atoms with Crippen molar-refractivity contribution in [2.24, 2.45) is 0 Å². The molecule has 0 N–H and O–H groups in total. The molecular weight excluding hydrogens is 761 g/mol. The van der Waals surface area contributed by atoms with E-state index in [1.165, 1.54) is 4.70 Å². The molecule has 3 heterocycles. The average Bonchev–Trinajstić information content (AvgIpc) is 3.85. The fourth-order valence-electron chi connectivity index (χ4n) is 7.23. The number of anilines is 1. The normalized spacial score (nSPS) is 14.5. The number of aryl methyl sites for hydroxylation is 1. The highest BCUT2D eigenvalue weighted by atomic mass is 32.2. The molecule has 0 unspecified atom stereocenters. The van der Waals surface area contributed by atoms with Crippen molar-refractivity contribution in [2.75, 3.05) is 23.0 Å². The summed E-state index contributed by atoms with van der Waals surface area (Å²) in [5.74, 6) is 0.175. The fourth-order valence-corrected chi connectivity index (χ4v) is 10.2. The van der Waals surface area contributed by atoms with Gasteiger partial charge in [0.15, 0.2) is 12.3 Å². The Morgan fingerprint density at radius 3 is 2.43 bits per heavy atom. The Hall–Kier alpha value is -4.63. The number of allylic oxidation sites excluding steroid dienone is 2. The van der Waals surface area contributed by atoms with E-state index in [-0.39, 0.29) is 19.4 Å². The molecule has 1 aliphatic heterocycles. The van der Waals surface area contributed by atoms with E-state index in [0.29, 0.717) is 24.6 Å². The van der Waals surface area contributed by atoms with Gasteiger partial charge in [0.1, 0.15) is 4.70 Å². The number of hydrogen-bond acceptors (Lipinski definition) is 10. The topological polar surface area (TPSA) is 131 Å².